The Labute approximate surface area is 117 Å². The molecule has 0 aliphatic carbocycles. The Morgan fingerprint density at radius 1 is 1.37 bits per heavy atom. The molecule has 4 nitrogen and oxygen atoms in total. The number of carboxylic acid groups (broad SMARTS) is 1. The highest BCUT2D eigenvalue weighted by molar-refractivity contribution is 6.31. The predicted molar refractivity (Wildman–Crippen MR) is 74.8 cm³/mol. The van der Waals surface area contributed by atoms with Crippen LogP contribution >= 0.6 is 11.6 Å². The van der Waals surface area contributed by atoms with Crippen LogP contribution in [0.4, 0.5) is 0 Å². The lowest BCUT2D eigenvalue weighted by Gasteiger charge is -2.18. The van der Waals surface area contributed by atoms with Crippen LogP contribution in [-0.2, 0) is 4.79 Å². The molecule has 1 aromatic rings. The number of halogens is 1. The summed E-state index contributed by atoms with van der Waals surface area (Å²) in [6, 6.07) is 4.26. The van der Waals surface area contributed by atoms with E-state index < -0.39 is 12.0 Å². The average Bonchev–Trinajstić information content (AvgIpc) is 2.29. The molecule has 1 rings (SSSR count). The first kappa shape index (κ1) is 15.7. The third-order valence-corrected chi connectivity index (χ3v) is 3.10. The predicted octanol–water partition coefficient (Wildman–Crippen LogP) is 2.67. The smallest absolute Gasteiger partial charge is 0.305 e. The van der Waals surface area contributed by atoms with Crippen LogP contribution in [0.2, 0.25) is 5.02 Å². The van der Waals surface area contributed by atoms with E-state index in [-0.39, 0.29) is 18.2 Å². The highest BCUT2D eigenvalue weighted by atomic mass is 35.5. The van der Waals surface area contributed by atoms with Crippen LogP contribution in [0.3, 0.4) is 0 Å². The monoisotopic (exact) mass is 283 g/mol. The molecular weight excluding hydrogens is 266 g/mol. The minimum absolute atomic E-state index is 0.0293. The zero-order valence-corrected chi connectivity index (χ0v) is 12.0. The van der Waals surface area contributed by atoms with Crippen molar-refractivity contribution in [2.75, 3.05) is 0 Å². The fourth-order valence-electron chi connectivity index (χ4n) is 1.80. The SMILES string of the molecule is Cc1cc(C(=O)C(CC(=O)O)NC(C)C)ccc1Cl. The van der Waals surface area contributed by atoms with Gasteiger partial charge < -0.3 is 10.4 Å². The molecule has 1 atom stereocenters. The number of nitrogens with one attached hydrogen (secondary N) is 1. The van der Waals surface area contributed by atoms with E-state index in [2.05, 4.69) is 5.32 Å². The van der Waals surface area contributed by atoms with Gasteiger partial charge in [-0.1, -0.05) is 25.4 Å². The lowest BCUT2D eigenvalue weighted by atomic mass is 9.99. The largest absolute Gasteiger partial charge is 0.481 e. The molecule has 0 aromatic heterocycles. The average molecular weight is 284 g/mol. The van der Waals surface area contributed by atoms with Crippen molar-refractivity contribution in [1.82, 2.24) is 5.32 Å². The summed E-state index contributed by atoms with van der Waals surface area (Å²) in [6.07, 6.45) is -0.237. The van der Waals surface area contributed by atoms with E-state index >= 15 is 0 Å². The molecule has 0 spiro atoms. The lowest BCUT2D eigenvalue weighted by molar-refractivity contribution is -0.137. The number of carboxylic acids is 1. The fraction of sp³-hybridized carbons (Fsp3) is 0.429. The third kappa shape index (κ3) is 4.65. The number of Topliss-reactive ketones (excluding diaryl/α,β-unsaturated/α-hetero) is 1. The minimum atomic E-state index is -1.00. The molecule has 0 bridgehead atoms. The number of aryl methyl sites for hydroxylation is 1. The van der Waals surface area contributed by atoms with Crippen LogP contribution in [0, 0.1) is 6.92 Å². The Morgan fingerprint density at radius 2 is 2.00 bits per heavy atom. The Bertz CT molecular complexity index is 486. The molecule has 0 radical (unpaired) electrons. The quantitative estimate of drug-likeness (QED) is 0.788. The molecule has 0 amide bonds. The zero-order valence-electron chi connectivity index (χ0n) is 11.2. The first-order valence-corrected chi connectivity index (χ1v) is 6.47. The molecular formula is C14H18ClNO3. The summed E-state index contributed by atoms with van der Waals surface area (Å²) in [5, 5.41) is 12.4. The van der Waals surface area contributed by atoms with Crippen LogP contribution in [0.5, 0.6) is 0 Å². The van der Waals surface area contributed by atoms with E-state index in [0.717, 1.165) is 5.56 Å². The first-order chi connectivity index (χ1) is 8.81. The molecule has 5 heteroatoms. The third-order valence-electron chi connectivity index (χ3n) is 2.67. The number of hydrogen-bond acceptors (Lipinski definition) is 3. The molecule has 0 saturated carbocycles. The van der Waals surface area contributed by atoms with Crippen molar-refractivity contribution < 1.29 is 14.7 Å². The maximum absolute atomic E-state index is 12.3. The highest BCUT2D eigenvalue weighted by Crippen LogP contribution is 2.18. The zero-order chi connectivity index (χ0) is 14.6. The van der Waals surface area contributed by atoms with Gasteiger partial charge in [-0.15, -0.1) is 0 Å². The van der Waals surface area contributed by atoms with Gasteiger partial charge in [-0.25, -0.2) is 0 Å². The van der Waals surface area contributed by atoms with Gasteiger partial charge in [0.1, 0.15) is 0 Å². The van der Waals surface area contributed by atoms with Gasteiger partial charge in [0, 0.05) is 16.6 Å². The molecule has 0 heterocycles. The van der Waals surface area contributed by atoms with Gasteiger partial charge in [-0.05, 0) is 30.7 Å². The van der Waals surface area contributed by atoms with Crippen molar-refractivity contribution in [3.63, 3.8) is 0 Å². The van der Waals surface area contributed by atoms with Gasteiger partial charge in [0.25, 0.3) is 0 Å². The number of carbonyl (C=O) groups excluding carboxylic acids is 1. The molecule has 0 aliphatic heterocycles. The Morgan fingerprint density at radius 3 is 2.47 bits per heavy atom. The summed E-state index contributed by atoms with van der Waals surface area (Å²) in [7, 11) is 0. The second-order valence-electron chi connectivity index (χ2n) is 4.80. The van der Waals surface area contributed by atoms with Crippen LogP contribution in [0.1, 0.15) is 36.2 Å². The molecule has 104 valence electrons. The van der Waals surface area contributed by atoms with E-state index in [0.29, 0.717) is 10.6 Å². The van der Waals surface area contributed by atoms with E-state index in [1.54, 1.807) is 25.1 Å². The van der Waals surface area contributed by atoms with Gasteiger partial charge in [0.15, 0.2) is 5.78 Å². The Balaban J connectivity index is 2.97. The number of benzene rings is 1. The van der Waals surface area contributed by atoms with E-state index in [9.17, 15) is 9.59 Å². The second kappa shape index (κ2) is 6.68. The summed E-state index contributed by atoms with van der Waals surface area (Å²) in [5.41, 5.74) is 1.27. The maximum atomic E-state index is 12.3. The van der Waals surface area contributed by atoms with Crippen LogP contribution in [0.15, 0.2) is 18.2 Å². The maximum Gasteiger partial charge on any atom is 0.305 e. The molecule has 1 unspecified atom stereocenters. The van der Waals surface area contributed by atoms with Gasteiger partial charge in [0.05, 0.1) is 12.5 Å². The van der Waals surface area contributed by atoms with Crippen molar-refractivity contribution in [3.05, 3.63) is 34.3 Å². The summed E-state index contributed by atoms with van der Waals surface area (Å²) in [5.74, 6) is -1.23. The fourth-order valence-corrected chi connectivity index (χ4v) is 1.92. The van der Waals surface area contributed by atoms with Crippen molar-refractivity contribution in [3.8, 4) is 0 Å². The summed E-state index contributed by atoms with van der Waals surface area (Å²) in [6.45, 7) is 5.55. The van der Waals surface area contributed by atoms with Crippen molar-refractivity contribution >= 4 is 23.4 Å². The summed E-state index contributed by atoms with van der Waals surface area (Å²) >= 11 is 5.91. The van der Waals surface area contributed by atoms with E-state index in [4.69, 9.17) is 16.7 Å². The van der Waals surface area contributed by atoms with Crippen molar-refractivity contribution in [2.45, 2.75) is 39.3 Å². The lowest BCUT2D eigenvalue weighted by Crippen LogP contribution is -2.42. The molecule has 1 aromatic carbocycles. The van der Waals surface area contributed by atoms with Gasteiger partial charge in [-0.3, -0.25) is 9.59 Å². The molecule has 0 saturated heterocycles. The normalized spacial score (nSPS) is 12.5. The molecule has 0 fully saturated rings. The number of hydrogen-bond donors (Lipinski definition) is 2. The highest BCUT2D eigenvalue weighted by Gasteiger charge is 2.23. The van der Waals surface area contributed by atoms with E-state index in [1.807, 2.05) is 13.8 Å². The Hall–Kier alpha value is -1.39. The van der Waals surface area contributed by atoms with E-state index in [1.165, 1.54) is 0 Å². The number of ketones is 1. The van der Waals surface area contributed by atoms with Crippen molar-refractivity contribution in [1.29, 1.82) is 0 Å². The number of rotatable bonds is 6. The van der Waals surface area contributed by atoms with Crippen LogP contribution in [-0.4, -0.2) is 28.9 Å². The molecule has 19 heavy (non-hydrogen) atoms. The minimum Gasteiger partial charge on any atom is -0.481 e. The topological polar surface area (TPSA) is 66.4 Å². The van der Waals surface area contributed by atoms with Gasteiger partial charge in [0.2, 0.25) is 0 Å². The standard InChI is InChI=1S/C14H18ClNO3/c1-8(2)16-12(7-13(17)18)14(19)10-4-5-11(15)9(3)6-10/h4-6,8,12,16H,7H2,1-3H3,(H,17,18). The molecule has 0 aliphatic rings. The van der Waals surface area contributed by atoms with Gasteiger partial charge in [-0.2, -0.15) is 0 Å². The van der Waals surface area contributed by atoms with Crippen LogP contribution in [0.25, 0.3) is 0 Å². The van der Waals surface area contributed by atoms with Crippen LogP contribution < -0.4 is 5.32 Å². The Kier molecular flexibility index (Phi) is 5.51. The number of carbonyl (C=O) groups is 2. The summed E-state index contributed by atoms with van der Waals surface area (Å²) < 4.78 is 0. The van der Waals surface area contributed by atoms with Crippen molar-refractivity contribution in [2.24, 2.45) is 0 Å². The summed E-state index contributed by atoms with van der Waals surface area (Å²) in [4.78, 5) is 23.1. The first-order valence-electron chi connectivity index (χ1n) is 6.09. The molecule has 2 N–H and O–H groups in total. The second-order valence-corrected chi connectivity index (χ2v) is 5.21. The number of aliphatic carboxylic acids is 1. The van der Waals surface area contributed by atoms with Gasteiger partial charge >= 0.3 is 5.97 Å².